The fraction of sp³-hybridized carbons (Fsp3) is 0.447. The van der Waals surface area contributed by atoms with Crippen LogP contribution in [0, 0.1) is 20.8 Å². The molecule has 5 N–H and O–H groups in total. The molecule has 0 saturated carbocycles. The summed E-state index contributed by atoms with van der Waals surface area (Å²) in [6.07, 6.45) is 22.3. The normalized spacial score (nSPS) is 16.0. The van der Waals surface area contributed by atoms with Gasteiger partial charge in [-0.2, -0.15) is 0 Å². The molecule has 0 saturated heterocycles. The highest BCUT2D eigenvalue weighted by atomic mass is 79.9. The second kappa shape index (κ2) is 18.5. The maximum atomic E-state index is 11.0. The van der Waals surface area contributed by atoms with Gasteiger partial charge in [-0.05, 0) is 230 Å². The van der Waals surface area contributed by atoms with Crippen LogP contribution in [-0.2, 0) is 62.7 Å². The van der Waals surface area contributed by atoms with Gasteiger partial charge in [-0.1, -0.05) is 34.1 Å². The monoisotopic (exact) mass is 852 g/mol. The van der Waals surface area contributed by atoms with Crippen LogP contribution in [0.25, 0.3) is 0 Å². The second-order valence-electron chi connectivity index (χ2n) is 15.8. The van der Waals surface area contributed by atoms with Crippen molar-refractivity contribution in [2.75, 3.05) is 16.8 Å². The van der Waals surface area contributed by atoms with Crippen molar-refractivity contribution in [2.24, 2.45) is 4.99 Å². The van der Waals surface area contributed by atoms with E-state index in [9.17, 15) is 4.79 Å². The number of aryl methyl sites for hydroxylation is 9. The van der Waals surface area contributed by atoms with Crippen LogP contribution in [-0.4, -0.2) is 12.1 Å². The number of aliphatic imine (C=N–C) groups is 1. The Hall–Kier alpha value is -3.42. The summed E-state index contributed by atoms with van der Waals surface area (Å²) in [6, 6.07) is 13.4. The predicted octanol–water partition coefficient (Wildman–Crippen LogP) is 11.8. The molecule has 1 amide bonds. The molecule has 0 radical (unpaired) electrons. The van der Waals surface area contributed by atoms with Gasteiger partial charge in [-0.25, -0.2) is 0 Å². The molecule has 4 aliphatic carbocycles. The fourth-order valence-electron chi connectivity index (χ4n) is 8.61. The van der Waals surface area contributed by atoms with Crippen molar-refractivity contribution in [1.82, 2.24) is 0 Å². The van der Waals surface area contributed by atoms with Gasteiger partial charge in [0.1, 0.15) is 0 Å². The largest absolute Gasteiger partial charge is 0.399 e. The molecule has 7 heteroatoms. The van der Waals surface area contributed by atoms with Gasteiger partial charge in [0, 0.05) is 39.1 Å². The Morgan fingerprint density at radius 1 is 0.574 bits per heavy atom. The van der Waals surface area contributed by atoms with Crippen molar-refractivity contribution in [3.8, 4) is 0 Å². The molecule has 54 heavy (non-hydrogen) atoms. The number of nitrogens with two attached hydrogens (primary N) is 2. The lowest BCUT2D eigenvalue weighted by Gasteiger charge is -2.19. The van der Waals surface area contributed by atoms with Crippen molar-refractivity contribution < 1.29 is 4.79 Å². The number of fused-ring (bicyclic) bond motifs is 5. The van der Waals surface area contributed by atoms with E-state index >= 15 is 0 Å². The minimum atomic E-state index is 0.00820. The van der Waals surface area contributed by atoms with E-state index in [0.29, 0.717) is 0 Å². The minimum Gasteiger partial charge on any atom is -0.399 e. The zero-order chi connectivity index (χ0) is 38.4. The summed E-state index contributed by atoms with van der Waals surface area (Å²) in [5, 5.41) is 2.88. The molecule has 0 bridgehead atoms. The lowest BCUT2D eigenvalue weighted by Crippen LogP contribution is -2.10. The SMILES string of the molecule is Brc1c2c(cc3c1CCCC3)C=NC2.CC(=O)Nc1cc2c(cc1C)CCCC2.Cc1cc2c(c(Br)c1N)CCCC2.Cc1cc2c(cc1N)CCCC2. The van der Waals surface area contributed by atoms with E-state index in [4.69, 9.17) is 11.5 Å². The number of halogens is 2. The quantitative estimate of drug-likeness (QED) is 0.167. The first-order valence-electron chi connectivity index (χ1n) is 20.2. The highest BCUT2D eigenvalue weighted by Crippen LogP contribution is 2.36. The Balaban J connectivity index is 0.000000123. The summed E-state index contributed by atoms with van der Waals surface area (Å²) in [5.74, 6) is 0.00820. The number of nitrogens with one attached hydrogen (secondary N) is 1. The van der Waals surface area contributed by atoms with Crippen LogP contribution in [0.15, 0.2) is 50.3 Å². The van der Waals surface area contributed by atoms with Gasteiger partial charge in [0.2, 0.25) is 5.91 Å². The molecule has 0 aromatic heterocycles. The van der Waals surface area contributed by atoms with Gasteiger partial charge < -0.3 is 16.8 Å². The van der Waals surface area contributed by atoms with Crippen molar-refractivity contribution in [3.05, 3.63) is 118 Å². The molecule has 1 aliphatic heterocycles. The summed E-state index contributed by atoms with van der Waals surface area (Å²) in [7, 11) is 0. The molecule has 5 nitrogen and oxygen atoms in total. The molecule has 0 spiro atoms. The maximum Gasteiger partial charge on any atom is 0.221 e. The molecule has 4 aromatic carbocycles. The zero-order valence-electron chi connectivity index (χ0n) is 32.8. The number of rotatable bonds is 1. The van der Waals surface area contributed by atoms with Crippen molar-refractivity contribution in [1.29, 1.82) is 0 Å². The smallest absolute Gasteiger partial charge is 0.221 e. The molecule has 4 aromatic rings. The van der Waals surface area contributed by atoms with Gasteiger partial charge in [-0.3, -0.25) is 9.79 Å². The number of hydrogen-bond donors (Lipinski definition) is 3. The Morgan fingerprint density at radius 2 is 1.04 bits per heavy atom. The molecule has 9 rings (SSSR count). The first-order chi connectivity index (χ1) is 26.0. The summed E-state index contributed by atoms with van der Waals surface area (Å²) in [4.78, 5) is 15.4. The summed E-state index contributed by atoms with van der Waals surface area (Å²) in [5.41, 5.74) is 32.9. The van der Waals surface area contributed by atoms with Crippen molar-refractivity contribution >= 4 is 61.0 Å². The van der Waals surface area contributed by atoms with E-state index in [0.717, 1.165) is 34.5 Å². The molecule has 5 aliphatic rings. The number of anilines is 3. The Labute approximate surface area is 340 Å². The van der Waals surface area contributed by atoms with Crippen molar-refractivity contribution in [2.45, 2.75) is 137 Å². The Morgan fingerprint density at radius 3 is 1.63 bits per heavy atom. The van der Waals surface area contributed by atoms with E-state index in [1.807, 2.05) is 6.21 Å². The molecular formula is C47H58Br2N4O. The number of carbonyl (C=O) groups excluding carboxylic acids is 1. The van der Waals surface area contributed by atoms with Crippen LogP contribution in [0.3, 0.4) is 0 Å². The lowest BCUT2D eigenvalue weighted by molar-refractivity contribution is -0.114. The lowest BCUT2D eigenvalue weighted by atomic mass is 9.89. The summed E-state index contributed by atoms with van der Waals surface area (Å²) in [6.45, 7) is 8.64. The first-order valence-corrected chi connectivity index (χ1v) is 21.8. The van der Waals surface area contributed by atoms with Gasteiger partial charge in [0.25, 0.3) is 0 Å². The number of amides is 1. The van der Waals surface area contributed by atoms with E-state index in [-0.39, 0.29) is 5.91 Å². The van der Waals surface area contributed by atoms with E-state index in [1.54, 1.807) is 12.5 Å². The fourth-order valence-corrected chi connectivity index (χ4v) is 10.2. The molecule has 0 unspecified atom stereocenters. The third-order valence-electron chi connectivity index (χ3n) is 11.8. The van der Waals surface area contributed by atoms with Gasteiger partial charge in [0.15, 0.2) is 0 Å². The molecule has 286 valence electrons. The minimum absolute atomic E-state index is 0.00820. The van der Waals surface area contributed by atoms with Crippen molar-refractivity contribution in [3.63, 3.8) is 0 Å². The van der Waals surface area contributed by atoms with Crippen LogP contribution in [0.2, 0.25) is 0 Å². The van der Waals surface area contributed by atoms with Crippen LogP contribution < -0.4 is 16.8 Å². The molecular weight excluding hydrogens is 796 g/mol. The Bertz CT molecular complexity index is 2020. The number of carbonyl (C=O) groups is 1. The zero-order valence-corrected chi connectivity index (χ0v) is 36.0. The van der Waals surface area contributed by atoms with Crippen LogP contribution >= 0.6 is 31.9 Å². The van der Waals surface area contributed by atoms with Gasteiger partial charge in [-0.15, -0.1) is 0 Å². The van der Waals surface area contributed by atoms with E-state index < -0.39 is 0 Å². The van der Waals surface area contributed by atoms with Crippen LogP contribution in [0.1, 0.15) is 131 Å². The summed E-state index contributed by atoms with van der Waals surface area (Å²) >= 11 is 7.33. The standard InChI is InChI=1S/C13H17NO.C12H12BrN.C11H14BrN.C11H15N/c1-9-7-11-5-3-4-6-12(11)8-13(9)14-10(2)15;13-12-10-4-2-1-3-8(10)5-9-6-14-7-11(9)12;1-7-6-8-4-2-3-5-9(8)10(12)11(7)13;1-8-6-9-4-2-3-5-10(9)7-11(8)12/h7-8H,3-6H2,1-2H3,(H,14,15);5-6H,1-4,7H2;6H,2-5,13H2,1H3;6-7H,2-5,12H2,1H3. The highest BCUT2D eigenvalue weighted by molar-refractivity contribution is 9.11. The number of hydrogen-bond acceptors (Lipinski definition) is 4. The third-order valence-corrected chi connectivity index (χ3v) is 13.6. The highest BCUT2D eigenvalue weighted by Gasteiger charge is 2.20. The Kier molecular flexibility index (Phi) is 13.8. The number of nitrogens with zero attached hydrogens (tertiary/aromatic N) is 1. The van der Waals surface area contributed by atoms with Crippen LogP contribution in [0.4, 0.5) is 17.1 Å². The van der Waals surface area contributed by atoms with E-state index in [2.05, 4.69) is 99.3 Å². The molecule has 0 atom stereocenters. The topological polar surface area (TPSA) is 93.5 Å². The second-order valence-corrected chi connectivity index (χ2v) is 17.4. The van der Waals surface area contributed by atoms with Crippen LogP contribution in [0.5, 0.6) is 0 Å². The van der Waals surface area contributed by atoms with E-state index in [1.165, 1.54) is 168 Å². The third kappa shape index (κ3) is 9.68. The number of benzene rings is 4. The average Bonchev–Trinajstić information content (AvgIpc) is 3.65. The first kappa shape index (κ1) is 40.2. The number of nitrogen functional groups attached to an aromatic ring is 2. The molecule has 1 heterocycles. The average molecular weight is 855 g/mol. The van der Waals surface area contributed by atoms with Gasteiger partial charge in [0.05, 0.1) is 6.54 Å². The van der Waals surface area contributed by atoms with Gasteiger partial charge >= 0.3 is 0 Å². The summed E-state index contributed by atoms with van der Waals surface area (Å²) < 4.78 is 2.48. The predicted molar refractivity (Wildman–Crippen MR) is 236 cm³/mol. The maximum absolute atomic E-state index is 11.0. The molecule has 0 fully saturated rings.